The van der Waals surface area contributed by atoms with Crippen LogP contribution in [0.4, 0.5) is 4.39 Å². The van der Waals surface area contributed by atoms with E-state index in [-0.39, 0.29) is 11.7 Å². The second-order valence-corrected chi connectivity index (χ2v) is 4.09. The zero-order valence-electron chi connectivity index (χ0n) is 9.99. The number of benzene rings is 1. The van der Waals surface area contributed by atoms with Gasteiger partial charge in [0.05, 0.1) is 31.5 Å². The van der Waals surface area contributed by atoms with Crippen molar-refractivity contribution < 1.29 is 13.9 Å². The van der Waals surface area contributed by atoms with Gasteiger partial charge >= 0.3 is 0 Å². The van der Waals surface area contributed by atoms with Gasteiger partial charge in [-0.05, 0) is 6.07 Å². The fraction of sp³-hybridized carbons (Fsp3) is 0.462. The monoisotopic (exact) mass is 250 g/mol. The molecule has 1 aromatic carbocycles. The van der Waals surface area contributed by atoms with Crippen molar-refractivity contribution in [3.8, 4) is 6.07 Å². The predicted molar refractivity (Wildman–Crippen MR) is 63.4 cm³/mol. The summed E-state index contributed by atoms with van der Waals surface area (Å²) in [4.78, 5) is 0. The molecule has 1 N–H and O–H groups in total. The van der Waals surface area contributed by atoms with Gasteiger partial charge in [0.2, 0.25) is 0 Å². The molecular formula is C13H15FN2O2. The van der Waals surface area contributed by atoms with E-state index in [1.54, 1.807) is 12.1 Å². The second kappa shape index (κ2) is 6.45. The predicted octanol–water partition coefficient (Wildman–Crippen LogP) is 1.20. The summed E-state index contributed by atoms with van der Waals surface area (Å²) in [6.07, 6.45) is 0.0148. The van der Waals surface area contributed by atoms with E-state index in [2.05, 4.69) is 5.32 Å². The average molecular weight is 250 g/mol. The zero-order valence-corrected chi connectivity index (χ0v) is 9.99. The molecule has 0 spiro atoms. The number of hydrogen-bond donors (Lipinski definition) is 1. The summed E-state index contributed by atoms with van der Waals surface area (Å²) in [6.45, 7) is 2.78. The third-order valence-corrected chi connectivity index (χ3v) is 2.77. The van der Waals surface area contributed by atoms with E-state index in [1.165, 1.54) is 6.07 Å². The molecule has 0 amide bonds. The molecule has 1 aliphatic heterocycles. The van der Waals surface area contributed by atoms with Gasteiger partial charge < -0.3 is 14.8 Å². The smallest absolute Gasteiger partial charge is 0.145 e. The van der Waals surface area contributed by atoms with Crippen molar-refractivity contribution in [2.24, 2.45) is 0 Å². The maximum atomic E-state index is 13.7. The first-order chi connectivity index (χ1) is 8.81. The van der Waals surface area contributed by atoms with Crippen molar-refractivity contribution in [1.29, 1.82) is 5.26 Å². The molecule has 96 valence electrons. The lowest BCUT2D eigenvalue weighted by atomic mass is 10.1. The Kier molecular flexibility index (Phi) is 4.65. The molecule has 0 radical (unpaired) electrons. The Bertz CT molecular complexity index is 439. The molecule has 1 heterocycles. The highest BCUT2D eigenvalue weighted by atomic mass is 19.1. The minimum absolute atomic E-state index is 0.0148. The van der Waals surface area contributed by atoms with E-state index in [1.807, 2.05) is 6.07 Å². The zero-order chi connectivity index (χ0) is 12.8. The average Bonchev–Trinajstić information content (AvgIpc) is 2.42. The lowest BCUT2D eigenvalue weighted by Crippen LogP contribution is -2.37. The Hall–Kier alpha value is -1.48. The molecule has 2 rings (SSSR count). The normalized spacial score (nSPS) is 19.4. The largest absolute Gasteiger partial charge is 0.376 e. The van der Waals surface area contributed by atoms with E-state index >= 15 is 0 Å². The van der Waals surface area contributed by atoms with Crippen LogP contribution in [0.2, 0.25) is 0 Å². The van der Waals surface area contributed by atoms with Crippen molar-refractivity contribution >= 4 is 0 Å². The SMILES string of the molecule is N#Cc1cccc(CNCC2COCCO2)c1F. The quantitative estimate of drug-likeness (QED) is 0.872. The first-order valence-corrected chi connectivity index (χ1v) is 5.89. The summed E-state index contributed by atoms with van der Waals surface area (Å²) < 4.78 is 24.4. The number of hydrogen-bond acceptors (Lipinski definition) is 4. The van der Waals surface area contributed by atoms with Crippen LogP contribution >= 0.6 is 0 Å². The van der Waals surface area contributed by atoms with E-state index in [0.29, 0.717) is 38.5 Å². The van der Waals surface area contributed by atoms with Gasteiger partial charge in [-0.2, -0.15) is 5.26 Å². The van der Waals surface area contributed by atoms with Crippen molar-refractivity contribution in [2.75, 3.05) is 26.4 Å². The van der Waals surface area contributed by atoms with Crippen LogP contribution < -0.4 is 5.32 Å². The Morgan fingerprint density at radius 2 is 2.33 bits per heavy atom. The topological polar surface area (TPSA) is 54.3 Å². The molecule has 1 saturated heterocycles. The summed E-state index contributed by atoms with van der Waals surface area (Å²) in [7, 11) is 0. The highest BCUT2D eigenvalue weighted by Gasteiger charge is 2.14. The third kappa shape index (κ3) is 3.26. The number of halogens is 1. The number of nitrogens with zero attached hydrogens (tertiary/aromatic N) is 1. The Balaban J connectivity index is 1.84. The molecule has 18 heavy (non-hydrogen) atoms. The first kappa shape index (κ1) is 13.0. The second-order valence-electron chi connectivity index (χ2n) is 4.09. The standard InChI is InChI=1S/C13H15FN2O2/c14-13-10(6-15)2-1-3-11(13)7-16-8-12-9-17-4-5-18-12/h1-3,12,16H,4-5,7-9H2. The molecule has 0 aliphatic carbocycles. The molecule has 1 fully saturated rings. The molecule has 4 nitrogen and oxygen atoms in total. The minimum atomic E-state index is -0.451. The van der Waals surface area contributed by atoms with Crippen LogP contribution in [0.15, 0.2) is 18.2 Å². The fourth-order valence-corrected chi connectivity index (χ4v) is 1.82. The van der Waals surface area contributed by atoms with Gasteiger partial charge in [0, 0.05) is 18.7 Å². The van der Waals surface area contributed by atoms with Crippen LogP contribution in [0.5, 0.6) is 0 Å². The van der Waals surface area contributed by atoms with Crippen LogP contribution in [0, 0.1) is 17.1 Å². The van der Waals surface area contributed by atoms with E-state index in [4.69, 9.17) is 14.7 Å². The van der Waals surface area contributed by atoms with Crippen LogP contribution in [0.25, 0.3) is 0 Å². The molecule has 1 aliphatic rings. The van der Waals surface area contributed by atoms with Crippen LogP contribution in [0.1, 0.15) is 11.1 Å². The summed E-state index contributed by atoms with van der Waals surface area (Å²) >= 11 is 0. The lowest BCUT2D eigenvalue weighted by molar-refractivity contribution is -0.0864. The van der Waals surface area contributed by atoms with Crippen molar-refractivity contribution in [2.45, 2.75) is 12.6 Å². The highest BCUT2D eigenvalue weighted by Crippen LogP contribution is 2.11. The van der Waals surface area contributed by atoms with Crippen molar-refractivity contribution in [3.05, 3.63) is 35.1 Å². The summed E-state index contributed by atoms with van der Waals surface area (Å²) in [6, 6.07) is 6.64. The van der Waals surface area contributed by atoms with Crippen LogP contribution in [-0.2, 0) is 16.0 Å². The first-order valence-electron chi connectivity index (χ1n) is 5.89. The highest BCUT2D eigenvalue weighted by molar-refractivity contribution is 5.34. The molecule has 0 aromatic heterocycles. The Labute approximate surface area is 105 Å². The third-order valence-electron chi connectivity index (χ3n) is 2.77. The van der Waals surface area contributed by atoms with Gasteiger partial charge in [-0.3, -0.25) is 0 Å². The van der Waals surface area contributed by atoms with Gasteiger partial charge in [-0.25, -0.2) is 4.39 Å². The molecule has 1 atom stereocenters. The fourth-order valence-electron chi connectivity index (χ4n) is 1.82. The van der Waals surface area contributed by atoms with Gasteiger partial charge in [-0.15, -0.1) is 0 Å². The number of nitrogens with one attached hydrogen (secondary N) is 1. The molecule has 1 aromatic rings. The van der Waals surface area contributed by atoms with E-state index in [0.717, 1.165) is 0 Å². The number of ether oxygens (including phenoxy) is 2. The van der Waals surface area contributed by atoms with Gasteiger partial charge in [0.1, 0.15) is 11.9 Å². The lowest BCUT2D eigenvalue weighted by Gasteiger charge is -2.23. The maximum Gasteiger partial charge on any atom is 0.145 e. The summed E-state index contributed by atoms with van der Waals surface area (Å²) in [5.41, 5.74) is 0.567. The van der Waals surface area contributed by atoms with E-state index < -0.39 is 5.82 Å². The molecule has 5 heteroatoms. The van der Waals surface area contributed by atoms with Crippen LogP contribution in [0.3, 0.4) is 0 Å². The summed E-state index contributed by atoms with van der Waals surface area (Å²) in [5, 5.41) is 11.8. The molecule has 0 saturated carbocycles. The van der Waals surface area contributed by atoms with Crippen LogP contribution in [-0.4, -0.2) is 32.5 Å². The van der Waals surface area contributed by atoms with Crippen molar-refractivity contribution in [1.82, 2.24) is 5.32 Å². The molecule has 1 unspecified atom stereocenters. The summed E-state index contributed by atoms with van der Waals surface area (Å²) in [5.74, 6) is -0.451. The number of rotatable bonds is 4. The number of nitriles is 1. The molecule has 0 bridgehead atoms. The van der Waals surface area contributed by atoms with Crippen molar-refractivity contribution in [3.63, 3.8) is 0 Å². The molecular weight excluding hydrogens is 235 g/mol. The van der Waals surface area contributed by atoms with Gasteiger partial charge in [0.25, 0.3) is 0 Å². The Morgan fingerprint density at radius 3 is 3.06 bits per heavy atom. The van der Waals surface area contributed by atoms with Gasteiger partial charge in [-0.1, -0.05) is 12.1 Å². The Morgan fingerprint density at radius 1 is 1.44 bits per heavy atom. The minimum Gasteiger partial charge on any atom is -0.376 e. The van der Waals surface area contributed by atoms with E-state index in [9.17, 15) is 4.39 Å². The maximum absolute atomic E-state index is 13.7. The van der Waals surface area contributed by atoms with Gasteiger partial charge in [0.15, 0.2) is 0 Å².